The molecule has 0 aromatic heterocycles. The number of benzene rings is 3. The van der Waals surface area contributed by atoms with Crippen molar-refractivity contribution in [3.8, 4) is 0 Å². The molecule has 6 nitrogen and oxygen atoms in total. The lowest BCUT2D eigenvalue weighted by molar-refractivity contribution is 0.0752. The number of para-hydroxylation sites is 1. The standard InChI is InChI=1S/C25H27N3O3S/c1-18-8-13-23(16-19(18)2)32(30,31)26-22-11-9-20(10-12-22)25(29)28-15-14-27(3)24-7-5-4-6-21(24)17-28/h4-13,16,26H,14-15,17H2,1-3H3. The first kappa shape index (κ1) is 21.9. The van der Waals surface area contributed by atoms with Gasteiger partial charge in [0.1, 0.15) is 0 Å². The minimum Gasteiger partial charge on any atom is -0.373 e. The fourth-order valence-corrected chi connectivity index (χ4v) is 4.97. The summed E-state index contributed by atoms with van der Waals surface area (Å²) in [5.41, 5.74) is 5.15. The van der Waals surface area contributed by atoms with Gasteiger partial charge in [-0.3, -0.25) is 9.52 Å². The molecule has 0 radical (unpaired) electrons. The Morgan fingerprint density at radius 3 is 2.34 bits per heavy atom. The Morgan fingerprint density at radius 1 is 0.906 bits per heavy atom. The Kier molecular flexibility index (Phi) is 5.93. The van der Waals surface area contributed by atoms with Crippen LogP contribution in [0.25, 0.3) is 0 Å². The zero-order valence-electron chi connectivity index (χ0n) is 18.5. The Balaban J connectivity index is 1.50. The molecule has 0 atom stereocenters. The number of carbonyl (C=O) groups is 1. The average molecular weight is 450 g/mol. The highest BCUT2D eigenvalue weighted by Gasteiger charge is 2.22. The number of nitrogens with zero attached hydrogens (tertiary/aromatic N) is 2. The molecule has 166 valence electrons. The van der Waals surface area contributed by atoms with Crippen molar-refractivity contribution in [2.24, 2.45) is 0 Å². The van der Waals surface area contributed by atoms with Crippen LogP contribution >= 0.6 is 0 Å². The van der Waals surface area contributed by atoms with E-state index in [2.05, 4.69) is 15.7 Å². The van der Waals surface area contributed by atoms with E-state index in [-0.39, 0.29) is 10.8 Å². The summed E-state index contributed by atoms with van der Waals surface area (Å²) in [5, 5.41) is 0. The van der Waals surface area contributed by atoms with E-state index in [9.17, 15) is 13.2 Å². The Hall–Kier alpha value is -3.32. The van der Waals surface area contributed by atoms with E-state index >= 15 is 0 Å². The van der Waals surface area contributed by atoms with Crippen LogP contribution in [0.5, 0.6) is 0 Å². The first-order valence-electron chi connectivity index (χ1n) is 10.5. The maximum absolute atomic E-state index is 13.1. The van der Waals surface area contributed by atoms with Crippen molar-refractivity contribution < 1.29 is 13.2 Å². The van der Waals surface area contributed by atoms with Crippen molar-refractivity contribution in [1.29, 1.82) is 0 Å². The van der Waals surface area contributed by atoms with Gasteiger partial charge in [-0.05, 0) is 73.0 Å². The van der Waals surface area contributed by atoms with Crippen LogP contribution in [-0.2, 0) is 16.6 Å². The summed E-state index contributed by atoms with van der Waals surface area (Å²) in [7, 11) is -1.67. The average Bonchev–Trinajstić information content (AvgIpc) is 2.94. The van der Waals surface area contributed by atoms with E-state index < -0.39 is 10.0 Å². The van der Waals surface area contributed by atoms with E-state index in [1.807, 2.05) is 44.0 Å². The maximum Gasteiger partial charge on any atom is 0.261 e. The molecule has 3 aromatic rings. The van der Waals surface area contributed by atoms with Gasteiger partial charge in [0.05, 0.1) is 4.90 Å². The van der Waals surface area contributed by atoms with Crippen LogP contribution in [0.15, 0.2) is 71.6 Å². The number of rotatable bonds is 4. The van der Waals surface area contributed by atoms with Gasteiger partial charge >= 0.3 is 0 Å². The van der Waals surface area contributed by atoms with E-state index in [1.165, 1.54) is 0 Å². The summed E-state index contributed by atoms with van der Waals surface area (Å²) in [6.07, 6.45) is 0. The number of hydrogen-bond donors (Lipinski definition) is 1. The number of fused-ring (bicyclic) bond motifs is 1. The van der Waals surface area contributed by atoms with Crippen molar-refractivity contribution in [2.75, 3.05) is 29.8 Å². The van der Waals surface area contributed by atoms with Crippen molar-refractivity contribution in [3.05, 3.63) is 89.0 Å². The molecule has 0 fully saturated rings. The predicted octanol–water partition coefficient (Wildman–Crippen LogP) is 4.20. The molecule has 1 amide bonds. The van der Waals surface area contributed by atoms with Gasteiger partial charge in [0.25, 0.3) is 15.9 Å². The number of likely N-dealkylation sites (N-methyl/N-ethyl adjacent to an activating group) is 1. The molecule has 32 heavy (non-hydrogen) atoms. The Morgan fingerprint density at radius 2 is 1.62 bits per heavy atom. The number of carbonyl (C=O) groups excluding carboxylic acids is 1. The molecule has 0 unspecified atom stereocenters. The molecule has 0 saturated heterocycles. The van der Waals surface area contributed by atoms with Crippen LogP contribution in [0, 0.1) is 13.8 Å². The summed E-state index contributed by atoms with van der Waals surface area (Å²) in [5.74, 6) is -0.0707. The number of sulfonamides is 1. The third-order valence-electron chi connectivity index (χ3n) is 5.93. The number of amides is 1. The van der Waals surface area contributed by atoms with Gasteiger partial charge in [-0.25, -0.2) is 8.42 Å². The lowest BCUT2D eigenvalue weighted by Crippen LogP contribution is -2.34. The largest absolute Gasteiger partial charge is 0.373 e. The second-order valence-electron chi connectivity index (χ2n) is 8.21. The molecule has 1 aliphatic heterocycles. The number of nitrogens with one attached hydrogen (secondary N) is 1. The lowest BCUT2D eigenvalue weighted by Gasteiger charge is -2.21. The molecule has 0 saturated carbocycles. The third-order valence-corrected chi connectivity index (χ3v) is 7.31. The van der Waals surface area contributed by atoms with Gasteiger partial charge in [-0.15, -0.1) is 0 Å². The molecule has 7 heteroatoms. The highest BCUT2D eigenvalue weighted by Crippen LogP contribution is 2.25. The lowest BCUT2D eigenvalue weighted by atomic mass is 10.1. The summed E-state index contributed by atoms with van der Waals surface area (Å²) < 4.78 is 28.0. The van der Waals surface area contributed by atoms with Gasteiger partial charge < -0.3 is 9.80 Å². The molecule has 1 heterocycles. The zero-order chi connectivity index (χ0) is 22.9. The Bertz CT molecular complexity index is 1250. The summed E-state index contributed by atoms with van der Waals surface area (Å²) in [6.45, 7) is 5.73. The minimum absolute atomic E-state index is 0.0707. The number of hydrogen-bond acceptors (Lipinski definition) is 4. The van der Waals surface area contributed by atoms with Crippen LogP contribution in [0.2, 0.25) is 0 Å². The van der Waals surface area contributed by atoms with E-state index in [0.29, 0.717) is 24.3 Å². The van der Waals surface area contributed by atoms with Gasteiger partial charge in [0.15, 0.2) is 0 Å². The zero-order valence-corrected chi connectivity index (χ0v) is 19.3. The predicted molar refractivity (Wildman–Crippen MR) is 128 cm³/mol. The van der Waals surface area contributed by atoms with Gasteiger partial charge in [0.2, 0.25) is 0 Å². The first-order valence-corrected chi connectivity index (χ1v) is 12.0. The van der Waals surface area contributed by atoms with E-state index in [4.69, 9.17) is 0 Å². The molecule has 3 aromatic carbocycles. The minimum atomic E-state index is -3.70. The van der Waals surface area contributed by atoms with E-state index in [0.717, 1.165) is 28.9 Å². The SMILES string of the molecule is Cc1ccc(S(=O)(=O)Nc2ccc(C(=O)N3CCN(C)c4ccccc4C3)cc2)cc1C. The third kappa shape index (κ3) is 4.48. The molecular formula is C25H27N3O3S. The van der Waals surface area contributed by atoms with Crippen molar-refractivity contribution >= 4 is 27.3 Å². The molecule has 0 bridgehead atoms. The van der Waals surface area contributed by atoms with Crippen molar-refractivity contribution in [2.45, 2.75) is 25.3 Å². The number of aryl methyl sites for hydroxylation is 2. The fraction of sp³-hybridized carbons (Fsp3) is 0.240. The molecule has 0 spiro atoms. The van der Waals surface area contributed by atoms with Gasteiger partial charge in [-0.2, -0.15) is 0 Å². The van der Waals surface area contributed by atoms with Crippen molar-refractivity contribution in [3.63, 3.8) is 0 Å². The molecule has 0 aliphatic carbocycles. The van der Waals surface area contributed by atoms with Crippen LogP contribution in [0.1, 0.15) is 27.0 Å². The molecule has 1 aliphatic rings. The second kappa shape index (κ2) is 8.67. The second-order valence-corrected chi connectivity index (χ2v) is 9.89. The van der Waals surface area contributed by atoms with Gasteiger partial charge in [0, 0.05) is 43.6 Å². The van der Waals surface area contributed by atoms with Crippen LogP contribution < -0.4 is 9.62 Å². The normalized spacial score (nSPS) is 14.0. The molecular weight excluding hydrogens is 422 g/mol. The number of anilines is 2. The molecule has 1 N–H and O–H groups in total. The quantitative estimate of drug-likeness (QED) is 0.648. The van der Waals surface area contributed by atoms with Crippen LogP contribution in [0.4, 0.5) is 11.4 Å². The molecule has 4 rings (SSSR count). The fourth-order valence-electron chi connectivity index (χ4n) is 3.82. The summed E-state index contributed by atoms with van der Waals surface area (Å²) in [4.78, 5) is 17.3. The summed E-state index contributed by atoms with van der Waals surface area (Å²) >= 11 is 0. The Labute approximate surface area is 189 Å². The topological polar surface area (TPSA) is 69.7 Å². The maximum atomic E-state index is 13.1. The highest BCUT2D eigenvalue weighted by molar-refractivity contribution is 7.92. The first-order chi connectivity index (χ1) is 15.2. The van der Waals surface area contributed by atoms with Crippen LogP contribution in [0.3, 0.4) is 0 Å². The van der Waals surface area contributed by atoms with Crippen molar-refractivity contribution in [1.82, 2.24) is 4.90 Å². The highest BCUT2D eigenvalue weighted by atomic mass is 32.2. The van der Waals surface area contributed by atoms with Gasteiger partial charge in [-0.1, -0.05) is 24.3 Å². The monoisotopic (exact) mass is 449 g/mol. The van der Waals surface area contributed by atoms with E-state index in [1.54, 1.807) is 42.5 Å². The summed E-state index contributed by atoms with van der Waals surface area (Å²) in [6, 6.07) is 19.7. The smallest absolute Gasteiger partial charge is 0.261 e. The van der Waals surface area contributed by atoms with Crippen LogP contribution in [-0.4, -0.2) is 39.4 Å².